The van der Waals surface area contributed by atoms with E-state index in [0.717, 1.165) is 0 Å². The fourth-order valence-corrected chi connectivity index (χ4v) is 1.53. The Hall–Kier alpha value is -3.08. The second-order valence-corrected chi connectivity index (χ2v) is 4.25. The summed E-state index contributed by atoms with van der Waals surface area (Å²) in [6.45, 7) is 0. The van der Waals surface area contributed by atoms with Crippen LogP contribution in [0.1, 0.15) is 5.56 Å². The molecule has 0 aliphatic rings. The first-order chi connectivity index (χ1) is 10.0. The van der Waals surface area contributed by atoms with Gasteiger partial charge < -0.3 is 20.1 Å². The van der Waals surface area contributed by atoms with Gasteiger partial charge in [-0.3, -0.25) is 0 Å². The summed E-state index contributed by atoms with van der Waals surface area (Å²) in [6, 6.07) is 6.85. The number of nitrogens with zero attached hydrogens (tertiary/aromatic N) is 5. The molecule has 8 nitrogen and oxygen atoms in total. The van der Waals surface area contributed by atoms with Crippen LogP contribution in [0.5, 0.6) is 17.5 Å². The Kier molecular flexibility index (Phi) is 4.04. The highest BCUT2D eigenvalue weighted by atomic mass is 16.5. The Morgan fingerprint density at radius 3 is 2.57 bits per heavy atom. The lowest BCUT2D eigenvalue weighted by Crippen LogP contribution is -2.15. The van der Waals surface area contributed by atoms with Crippen molar-refractivity contribution >= 4 is 11.9 Å². The van der Waals surface area contributed by atoms with E-state index in [-0.39, 0.29) is 12.0 Å². The molecule has 2 N–H and O–H groups in total. The highest BCUT2D eigenvalue weighted by Gasteiger charge is 2.12. The molecule has 2 rings (SSSR count). The smallest absolute Gasteiger partial charge is 0.328 e. The summed E-state index contributed by atoms with van der Waals surface area (Å²) in [5.74, 6) is 1.22. The molecule has 0 unspecified atom stereocenters. The predicted molar refractivity (Wildman–Crippen MR) is 76.3 cm³/mol. The highest BCUT2D eigenvalue weighted by Crippen LogP contribution is 2.31. The molecule has 21 heavy (non-hydrogen) atoms. The van der Waals surface area contributed by atoms with Crippen molar-refractivity contribution in [1.29, 1.82) is 5.26 Å². The van der Waals surface area contributed by atoms with Crippen LogP contribution in [-0.4, -0.2) is 36.2 Å². The van der Waals surface area contributed by atoms with E-state index in [1.54, 1.807) is 37.2 Å². The number of rotatable bonds is 4. The molecule has 2 aromatic rings. The van der Waals surface area contributed by atoms with Gasteiger partial charge >= 0.3 is 6.01 Å². The number of hydrogen-bond donors (Lipinski definition) is 1. The number of anilines is 2. The first-order valence-electron chi connectivity index (χ1n) is 5.98. The fourth-order valence-electron chi connectivity index (χ4n) is 1.53. The molecule has 1 heterocycles. The topological polar surface area (TPSA) is 110 Å². The molecule has 1 aromatic carbocycles. The second-order valence-electron chi connectivity index (χ2n) is 4.25. The van der Waals surface area contributed by atoms with Crippen LogP contribution in [0.15, 0.2) is 18.2 Å². The number of methoxy groups -OCH3 is 1. The number of benzene rings is 1. The van der Waals surface area contributed by atoms with E-state index in [9.17, 15) is 0 Å². The van der Waals surface area contributed by atoms with Crippen LogP contribution in [0.2, 0.25) is 0 Å². The number of nitriles is 1. The van der Waals surface area contributed by atoms with E-state index < -0.39 is 0 Å². The maximum atomic E-state index is 8.87. The summed E-state index contributed by atoms with van der Waals surface area (Å²) < 4.78 is 10.7. The summed E-state index contributed by atoms with van der Waals surface area (Å²) >= 11 is 0. The molecule has 0 radical (unpaired) electrons. The molecule has 0 amide bonds. The zero-order valence-electron chi connectivity index (χ0n) is 11.9. The summed E-state index contributed by atoms with van der Waals surface area (Å²) in [4.78, 5) is 13.7. The van der Waals surface area contributed by atoms with Crippen molar-refractivity contribution in [3.8, 4) is 23.6 Å². The molecule has 8 heteroatoms. The standard InChI is InChI=1S/C13H14N6O2/c1-19(2)12-16-11(15)17-13(18-12)21-9-5-4-8(7-14)6-10(9)20-3/h4-6H,1-3H3,(H2,15,16,17,18). The third-order valence-corrected chi connectivity index (χ3v) is 2.51. The SMILES string of the molecule is COc1cc(C#N)ccc1Oc1nc(N)nc(N(C)C)n1. The number of hydrogen-bond acceptors (Lipinski definition) is 8. The van der Waals surface area contributed by atoms with E-state index in [1.165, 1.54) is 7.11 Å². The lowest BCUT2D eigenvalue weighted by Gasteiger charge is -2.12. The van der Waals surface area contributed by atoms with E-state index in [4.69, 9.17) is 20.5 Å². The van der Waals surface area contributed by atoms with E-state index in [2.05, 4.69) is 15.0 Å². The van der Waals surface area contributed by atoms with E-state index >= 15 is 0 Å². The molecule has 0 aliphatic heterocycles. The minimum Gasteiger partial charge on any atom is -0.493 e. The fraction of sp³-hybridized carbons (Fsp3) is 0.231. The van der Waals surface area contributed by atoms with Crippen LogP contribution in [-0.2, 0) is 0 Å². The van der Waals surface area contributed by atoms with Crippen LogP contribution in [0, 0.1) is 11.3 Å². The minimum absolute atomic E-state index is 0.0502. The van der Waals surface area contributed by atoms with Crippen LogP contribution in [0.4, 0.5) is 11.9 Å². The van der Waals surface area contributed by atoms with Gasteiger partial charge in [0.05, 0.1) is 18.7 Å². The van der Waals surface area contributed by atoms with Crippen LogP contribution < -0.4 is 20.1 Å². The molecule has 0 bridgehead atoms. The summed E-state index contributed by atoms with van der Waals surface area (Å²) in [5, 5.41) is 8.87. The van der Waals surface area contributed by atoms with Gasteiger partial charge in [-0.05, 0) is 12.1 Å². The molecule has 0 saturated heterocycles. The Bertz CT molecular complexity index is 696. The minimum atomic E-state index is 0.0502. The summed E-state index contributed by atoms with van der Waals surface area (Å²) in [5.41, 5.74) is 6.09. The maximum absolute atomic E-state index is 8.87. The zero-order valence-corrected chi connectivity index (χ0v) is 11.9. The molecule has 108 valence electrons. The van der Waals surface area contributed by atoms with Gasteiger partial charge in [0.1, 0.15) is 0 Å². The van der Waals surface area contributed by atoms with Crippen molar-refractivity contribution in [2.45, 2.75) is 0 Å². The van der Waals surface area contributed by atoms with Crippen molar-refractivity contribution in [3.63, 3.8) is 0 Å². The Morgan fingerprint density at radius 1 is 1.19 bits per heavy atom. The molecule has 0 aliphatic carbocycles. The highest BCUT2D eigenvalue weighted by molar-refractivity contribution is 5.48. The molecule has 0 saturated carbocycles. The Morgan fingerprint density at radius 2 is 1.95 bits per heavy atom. The van der Waals surface area contributed by atoms with Crippen molar-refractivity contribution in [3.05, 3.63) is 23.8 Å². The van der Waals surface area contributed by atoms with Crippen LogP contribution in [0.3, 0.4) is 0 Å². The Balaban J connectivity index is 2.36. The largest absolute Gasteiger partial charge is 0.493 e. The number of nitrogen functional groups attached to an aromatic ring is 1. The Labute approximate surface area is 121 Å². The quantitative estimate of drug-likeness (QED) is 0.892. The van der Waals surface area contributed by atoms with Crippen molar-refractivity contribution in [1.82, 2.24) is 15.0 Å². The van der Waals surface area contributed by atoms with Gasteiger partial charge in [-0.1, -0.05) is 0 Å². The van der Waals surface area contributed by atoms with Gasteiger partial charge in [0, 0.05) is 20.2 Å². The van der Waals surface area contributed by atoms with Crippen LogP contribution in [0.25, 0.3) is 0 Å². The molecular formula is C13H14N6O2. The van der Waals surface area contributed by atoms with Gasteiger partial charge in [0.25, 0.3) is 0 Å². The maximum Gasteiger partial charge on any atom is 0.328 e. The average Bonchev–Trinajstić information content (AvgIpc) is 2.47. The lowest BCUT2D eigenvalue weighted by molar-refractivity contribution is 0.367. The first-order valence-corrected chi connectivity index (χ1v) is 5.98. The first kappa shape index (κ1) is 14.3. The monoisotopic (exact) mass is 286 g/mol. The number of ether oxygens (including phenoxy) is 2. The normalized spacial score (nSPS) is 9.81. The van der Waals surface area contributed by atoms with Crippen LogP contribution >= 0.6 is 0 Å². The molecule has 0 fully saturated rings. The van der Waals surface area contributed by atoms with Crippen molar-refractivity contribution in [2.75, 3.05) is 31.8 Å². The van der Waals surface area contributed by atoms with E-state index in [1.807, 2.05) is 6.07 Å². The van der Waals surface area contributed by atoms with Gasteiger partial charge in [0.2, 0.25) is 11.9 Å². The summed E-state index contributed by atoms with van der Waals surface area (Å²) in [6.07, 6.45) is 0. The van der Waals surface area contributed by atoms with Gasteiger partial charge in [-0.25, -0.2) is 0 Å². The predicted octanol–water partition coefficient (Wildman–Crippen LogP) is 1.19. The average molecular weight is 286 g/mol. The lowest BCUT2D eigenvalue weighted by atomic mass is 10.2. The molecule has 0 atom stereocenters. The van der Waals surface area contributed by atoms with Crippen molar-refractivity contribution in [2.24, 2.45) is 0 Å². The number of aromatic nitrogens is 3. The van der Waals surface area contributed by atoms with Gasteiger partial charge in [-0.2, -0.15) is 20.2 Å². The molecular weight excluding hydrogens is 272 g/mol. The zero-order chi connectivity index (χ0) is 15.4. The molecule has 0 spiro atoms. The van der Waals surface area contributed by atoms with E-state index in [0.29, 0.717) is 23.0 Å². The second kappa shape index (κ2) is 5.92. The third kappa shape index (κ3) is 3.27. The van der Waals surface area contributed by atoms with Crippen molar-refractivity contribution < 1.29 is 9.47 Å². The third-order valence-electron chi connectivity index (χ3n) is 2.51. The molecule has 1 aromatic heterocycles. The number of nitrogens with two attached hydrogens (primary N) is 1. The van der Waals surface area contributed by atoms with Gasteiger partial charge in [0.15, 0.2) is 11.5 Å². The van der Waals surface area contributed by atoms with Gasteiger partial charge in [-0.15, -0.1) is 0 Å². The summed E-state index contributed by atoms with van der Waals surface area (Å²) in [7, 11) is 5.04.